The molecule has 0 spiro atoms. The molecule has 1 nitrogen and oxygen atoms in total. The van der Waals surface area contributed by atoms with Gasteiger partial charge in [-0.15, -0.1) is 0 Å². The Morgan fingerprint density at radius 3 is 2.91 bits per heavy atom. The maximum Gasteiger partial charge on any atom is 0.0496 e. The summed E-state index contributed by atoms with van der Waals surface area (Å²) in [7, 11) is 0. The van der Waals surface area contributed by atoms with Crippen LogP contribution in [0.3, 0.4) is 0 Å². The Labute approximate surface area is 73.9 Å². The van der Waals surface area contributed by atoms with Crippen molar-refractivity contribution in [3.63, 3.8) is 0 Å². The van der Waals surface area contributed by atoms with Gasteiger partial charge in [-0.2, -0.15) is 12.6 Å². The fourth-order valence-electron chi connectivity index (χ4n) is 2.34. The van der Waals surface area contributed by atoms with E-state index in [9.17, 15) is 0 Å². The second-order valence-electron chi connectivity index (χ2n) is 3.85. The molecule has 0 aromatic rings. The minimum Gasteiger partial charge on any atom is -0.381 e. The van der Waals surface area contributed by atoms with E-state index < -0.39 is 0 Å². The SMILES string of the molecule is SC1CCC2COCCC2C1. The third-order valence-electron chi connectivity index (χ3n) is 3.08. The first kappa shape index (κ1) is 7.93. The van der Waals surface area contributed by atoms with Gasteiger partial charge in [0.25, 0.3) is 0 Å². The van der Waals surface area contributed by atoms with Gasteiger partial charge in [0.15, 0.2) is 0 Å². The van der Waals surface area contributed by atoms with Gasteiger partial charge >= 0.3 is 0 Å². The van der Waals surface area contributed by atoms with Crippen LogP contribution in [-0.4, -0.2) is 18.5 Å². The smallest absolute Gasteiger partial charge is 0.0496 e. The van der Waals surface area contributed by atoms with Crippen molar-refractivity contribution in [1.82, 2.24) is 0 Å². The van der Waals surface area contributed by atoms with Crippen molar-refractivity contribution in [2.75, 3.05) is 13.2 Å². The minimum atomic E-state index is 0.675. The molecule has 1 saturated heterocycles. The predicted molar refractivity (Wildman–Crippen MR) is 49.0 cm³/mol. The van der Waals surface area contributed by atoms with Gasteiger partial charge in [0.05, 0.1) is 0 Å². The molecule has 0 radical (unpaired) electrons. The standard InChI is InChI=1S/C9H16OS/c11-9-2-1-8-6-10-4-3-7(8)5-9/h7-9,11H,1-6H2. The highest BCUT2D eigenvalue weighted by Gasteiger charge is 2.31. The quantitative estimate of drug-likeness (QED) is 0.551. The molecule has 1 aliphatic heterocycles. The summed E-state index contributed by atoms with van der Waals surface area (Å²) < 4.78 is 5.45. The van der Waals surface area contributed by atoms with Crippen LogP contribution >= 0.6 is 12.6 Å². The summed E-state index contributed by atoms with van der Waals surface area (Å²) in [5.41, 5.74) is 0. The maximum absolute atomic E-state index is 5.45. The van der Waals surface area contributed by atoms with Crippen molar-refractivity contribution in [1.29, 1.82) is 0 Å². The van der Waals surface area contributed by atoms with Gasteiger partial charge in [0.2, 0.25) is 0 Å². The zero-order valence-electron chi connectivity index (χ0n) is 6.83. The van der Waals surface area contributed by atoms with Gasteiger partial charge in [0, 0.05) is 18.5 Å². The molecule has 0 N–H and O–H groups in total. The van der Waals surface area contributed by atoms with Gasteiger partial charge in [-0.3, -0.25) is 0 Å². The van der Waals surface area contributed by atoms with Crippen molar-refractivity contribution >= 4 is 12.6 Å². The summed E-state index contributed by atoms with van der Waals surface area (Å²) in [5, 5.41) is 0.675. The molecule has 1 saturated carbocycles. The molecular formula is C9H16OS. The van der Waals surface area contributed by atoms with Gasteiger partial charge in [-0.25, -0.2) is 0 Å². The van der Waals surface area contributed by atoms with Crippen LogP contribution in [0.25, 0.3) is 0 Å². The molecule has 2 rings (SSSR count). The van der Waals surface area contributed by atoms with Crippen molar-refractivity contribution in [2.45, 2.75) is 30.9 Å². The Morgan fingerprint density at radius 2 is 2.00 bits per heavy atom. The Balaban J connectivity index is 1.93. The van der Waals surface area contributed by atoms with Crippen molar-refractivity contribution < 1.29 is 4.74 Å². The molecule has 0 amide bonds. The highest BCUT2D eigenvalue weighted by molar-refractivity contribution is 7.80. The fraction of sp³-hybridized carbons (Fsp3) is 1.00. The second kappa shape index (κ2) is 3.36. The number of thiol groups is 1. The van der Waals surface area contributed by atoms with Crippen molar-refractivity contribution in [3.05, 3.63) is 0 Å². The number of hydrogen-bond acceptors (Lipinski definition) is 2. The molecule has 11 heavy (non-hydrogen) atoms. The van der Waals surface area contributed by atoms with Gasteiger partial charge in [0.1, 0.15) is 0 Å². The Kier molecular flexibility index (Phi) is 2.42. The third-order valence-corrected chi connectivity index (χ3v) is 3.55. The topological polar surface area (TPSA) is 9.23 Å². The summed E-state index contributed by atoms with van der Waals surface area (Å²) in [5.74, 6) is 1.80. The number of fused-ring (bicyclic) bond motifs is 1. The highest BCUT2D eigenvalue weighted by Crippen LogP contribution is 2.36. The molecule has 2 fully saturated rings. The summed E-state index contributed by atoms with van der Waals surface area (Å²) in [6, 6.07) is 0. The van der Waals surface area contributed by atoms with Crippen LogP contribution in [0.4, 0.5) is 0 Å². The van der Waals surface area contributed by atoms with Gasteiger partial charge in [-0.05, 0) is 37.5 Å². The van der Waals surface area contributed by atoms with E-state index in [1.54, 1.807) is 0 Å². The van der Waals surface area contributed by atoms with Crippen LogP contribution in [-0.2, 0) is 4.74 Å². The molecule has 1 heterocycles. The molecule has 3 atom stereocenters. The molecule has 2 aliphatic rings. The predicted octanol–water partition coefficient (Wildman–Crippen LogP) is 2.12. The Bertz CT molecular complexity index is 138. The average Bonchev–Trinajstić information content (AvgIpc) is 2.04. The second-order valence-corrected chi connectivity index (χ2v) is 4.58. The van der Waals surface area contributed by atoms with Crippen molar-refractivity contribution in [2.24, 2.45) is 11.8 Å². The summed E-state index contributed by atoms with van der Waals surface area (Å²) in [6.45, 7) is 2.01. The lowest BCUT2D eigenvalue weighted by Gasteiger charge is -2.37. The zero-order chi connectivity index (χ0) is 7.68. The maximum atomic E-state index is 5.45. The van der Waals surface area contributed by atoms with Gasteiger partial charge in [-0.1, -0.05) is 0 Å². The number of ether oxygens (including phenoxy) is 1. The van der Waals surface area contributed by atoms with Gasteiger partial charge < -0.3 is 4.74 Å². The largest absolute Gasteiger partial charge is 0.381 e. The minimum absolute atomic E-state index is 0.675. The molecule has 0 bridgehead atoms. The summed E-state index contributed by atoms with van der Waals surface area (Å²) >= 11 is 4.54. The van der Waals surface area contributed by atoms with Crippen LogP contribution < -0.4 is 0 Å². The van der Waals surface area contributed by atoms with E-state index in [4.69, 9.17) is 4.74 Å². The molecule has 2 heteroatoms. The monoisotopic (exact) mass is 172 g/mol. The van der Waals surface area contributed by atoms with E-state index in [0.29, 0.717) is 5.25 Å². The lowest BCUT2D eigenvalue weighted by Crippen LogP contribution is -2.33. The zero-order valence-corrected chi connectivity index (χ0v) is 7.72. The van der Waals surface area contributed by atoms with E-state index in [1.807, 2.05) is 0 Å². The first-order valence-corrected chi connectivity index (χ1v) is 5.13. The summed E-state index contributed by atoms with van der Waals surface area (Å²) in [4.78, 5) is 0. The fourth-order valence-corrected chi connectivity index (χ4v) is 2.76. The van der Waals surface area contributed by atoms with E-state index in [2.05, 4.69) is 12.6 Å². The first-order valence-electron chi connectivity index (χ1n) is 4.62. The lowest BCUT2D eigenvalue weighted by atomic mass is 9.77. The highest BCUT2D eigenvalue weighted by atomic mass is 32.1. The molecule has 0 aromatic carbocycles. The summed E-state index contributed by atoms with van der Waals surface area (Å²) in [6.07, 6.45) is 5.26. The Hall–Kier alpha value is 0.310. The van der Waals surface area contributed by atoms with E-state index in [1.165, 1.54) is 25.7 Å². The lowest BCUT2D eigenvalue weighted by molar-refractivity contribution is -0.000112. The normalized spacial score (nSPS) is 45.0. The van der Waals surface area contributed by atoms with Crippen LogP contribution in [0.1, 0.15) is 25.7 Å². The van der Waals surface area contributed by atoms with E-state index in [0.717, 1.165) is 25.0 Å². The molecule has 1 aliphatic carbocycles. The molecular weight excluding hydrogens is 156 g/mol. The van der Waals surface area contributed by atoms with E-state index in [-0.39, 0.29) is 0 Å². The number of hydrogen-bond donors (Lipinski definition) is 1. The van der Waals surface area contributed by atoms with Crippen LogP contribution in [0.15, 0.2) is 0 Å². The third kappa shape index (κ3) is 1.73. The molecule has 64 valence electrons. The van der Waals surface area contributed by atoms with E-state index >= 15 is 0 Å². The van der Waals surface area contributed by atoms with Crippen LogP contribution in [0.2, 0.25) is 0 Å². The van der Waals surface area contributed by atoms with Crippen molar-refractivity contribution in [3.8, 4) is 0 Å². The molecule has 3 unspecified atom stereocenters. The Morgan fingerprint density at radius 1 is 1.09 bits per heavy atom. The molecule has 0 aromatic heterocycles. The average molecular weight is 172 g/mol. The first-order chi connectivity index (χ1) is 5.36. The number of rotatable bonds is 0. The van der Waals surface area contributed by atoms with Crippen LogP contribution in [0, 0.1) is 11.8 Å². The van der Waals surface area contributed by atoms with Crippen LogP contribution in [0.5, 0.6) is 0 Å².